The van der Waals surface area contributed by atoms with E-state index in [1.807, 2.05) is 43.5 Å². The average molecular weight is 273 g/mol. The summed E-state index contributed by atoms with van der Waals surface area (Å²) in [6.07, 6.45) is 0. The van der Waals surface area contributed by atoms with E-state index in [0.717, 1.165) is 16.3 Å². The van der Waals surface area contributed by atoms with Crippen LogP contribution in [0, 0.1) is 13.8 Å². The molecule has 0 aliphatic heterocycles. The van der Waals surface area contributed by atoms with Crippen molar-refractivity contribution in [3.8, 4) is 23.0 Å². The minimum absolute atomic E-state index is 0.355. The van der Waals surface area contributed by atoms with Crippen LogP contribution in [-0.4, -0.2) is 10.3 Å². The fourth-order valence-corrected chi connectivity index (χ4v) is 2.39. The third-order valence-electron chi connectivity index (χ3n) is 2.75. The fourth-order valence-electron chi connectivity index (χ4n) is 1.80. The summed E-state index contributed by atoms with van der Waals surface area (Å²) >= 11 is 1.48. The molecule has 0 amide bonds. The number of hydrogen-bond acceptors (Lipinski definition) is 5. The maximum atomic E-state index is 11.8. The van der Waals surface area contributed by atoms with Gasteiger partial charge in [-0.15, -0.1) is 11.3 Å². The van der Waals surface area contributed by atoms with E-state index >= 15 is 0 Å². The van der Waals surface area contributed by atoms with Crippen LogP contribution in [0.4, 0.5) is 0 Å². The van der Waals surface area contributed by atoms with Gasteiger partial charge in [-0.1, -0.05) is 17.7 Å². The molecule has 3 aromatic rings. The van der Waals surface area contributed by atoms with E-state index in [-0.39, 0.29) is 0 Å². The molecule has 19 heavy (non-hydrogen) atoms. The van der Waals surface area contributed by atoms with Crippen molar-refractivity contribution in [2.75, 3.05) is 0 Å². The van der Waals surface area contributed by atoms with E-state index in [1.54, 1.807) is 0 Å². The summed E-state index contributed by atoms with van der Waals surface area (Å²) < 4.78 is 6.25. The Hall–Kier alpha value is -2.21. The second-order valence-electron chi connectivity index (χ2n) is 4.21. The van der Waals surface area contributed by atoms with Gasteiger partial charge in [-0.25, -0.2) is 4.98 Å². The van der Waals surface area contributed by atoms with E-state index in [9.17, 15) is 5.11 Å². The molecular weight excluding hydrogens is 262 g/mol. The summed E-state index contributed by atoms with van der Waals surface area (Å²) in [7, 11) is 0. The summed E-state index contributed by atoms with van der Waals surface area (Å²) in [6.45, 7) is 3.89. The van der Waals surface area contributed by atoms with E-state index in [4.69, 9.17) is 4.52 Å². The summed E-state index contributed by atoms with van der Waals surface area (Å²) in [5.41, 5.74) is 2.86. The Labute approximate surface area is 113 Å². The van der Waals surface area contributed by atoms with E-state index in [2.05, 4.69) is 10.3 Å². The number of hydrogen-bond donors (Lipinski definition) is 0. The zero-order valence-corrected chi connectivity index (χ0v) is 11.3. The van der Waals surface area contributed by atoms with Gasteiger partial charge in [-0.3, -0.25) is 0 Å². The van der Waals surface area contributed by atoms with Gasteiger partial charge in [0, 0.05) is 17.5 Å². The average Bonchev–Trinajstić information content (AvgIpc) is 2.96. The van der Waals surface area contributed by atoms with Crippen LogP contribution in [0.2, 0.25) is 0 Å². The van der Waals surface area contributed by atoms with E-state index in [1.165, 1.54) is 16.0 Å². The molecule has 6 heteroatoms. The lowest BCUT2D eigenvalue weighted by atomic mass is 10.2. The Morgan fingerprint density at radius 1 is 1.21 bits per heavy atom. The van der Waals surface area contributed by atoms with Crippen molar-refractivity contribution in [3.05, 3.63) is 40.2 Å². The maximum absolute atomic E-state index is 11.8. The molecule has 3 rings (SSSR count). The van der Waals surface area contributed by atoms with Crippen LogP contribution in [0.5, 0.6) is 5.95 Å². The molecule has 0 atom stereocenters. The van der Waals surface area contributed by atoms with Gasteiger partial charge in [0.05, 0.1) is 10.3 Å². The molecule has 0 saturated heterocycles. The van der Waals surface area contributed by atoms with Gasteiger partial charge in [-0.05, 0) is 18.5 Å². The SMILES string of the molecule is Cc1ccc(-[n+]2noc([O-])c2-c2csc(C)n2)cc1. The van der Waals surface area contributed by atoms with Crippen molar-refractivity contribution in [1.82, 2.24) is 10.3 Å². The van der Waals surface area contributed by atoms with Crippen molar-refractivity contribution in [3.63, 3.8) is 0 Å². The third kappa shape index (κ3) is 2.10. The largest absolute Gasteiger partial charge is 0.539 e. The molecule has 0 saturated carbocycles. The van der Waals surface area contributed by atoms with Gasteiger partial charge >= 0.3 is 0 Å². The number of thiazole rings is 1. The molecule has 0 spiro atoms. The topological polar surface area (TPSA) is 65.9 Å². The molecule has 5 nitrogen and oxygen atoms in total. The van der Waals surface area contributed by atoms with Crippen molar-refractivity contribution < 1.29 is 14.3 Å². The van der Waals surface area contributed by atoms with Crippen molar-refractivity contribution in [2.24, 2.45) is 0 Å². The second kappa shape index (κ2) is 4.47. The number of aryl methyl sites for hydroxylation is 2. The van der Waals surface area contributed by atoms with E-state index < -0.39 is 5.95 Å². The number of aromatic nitrogens is 3. The fraction of sp³-hybridized carbons (Fsp3) is 0.154. The maximum Gasteiger partial charge on any atom is 0.289 e. The predicted molar refractivity (Wildman–Crippen MR) is 68.1 cm³/mol. The molecule has 96 valence electrons. The van der Waals surface area contributed by atoms with Gasteiger partial charge in [0.15, 0.2) is 11.6 Å². The van der Waals surface area contributed by atoms with Crippen LogP contribution in [0.3, 0.4) is 0 Å². The van der Waals surface area contributed by atoms with Crippen LogP contribution in [-0.2, 0) is 0 Å². The Balaban J connectivity index is 2.15. The highest BCUT2D eigenvalue weighted by Gasteiger charge is 2.24. The molecule has 0 bridgehead atoms. The highest BCUT2D eigenvalue weighted by molar-refractivity contribution is 7.09. The highest BCUT2D eigenvalue weighted by atomic mass is 32.1. The van der Waals surface area contributed by atoms with Crippen LogP contribution in [0.1, 0.15) is 10.6 Å². The molecule has 0 unspecified atom stereocenters. The smallest absolute Gasteiger partial charge is 0.289 e. The second-order valence-corrected chi connectivity index (χ2v) is 5.27. The monoisotopic (exact) mass is 273 g/mol. The summed E-state index contributed by atoms with van der Waals surface area (Å²) in [6, 6.07) is 7.69. The first-order valence-corrected chi connectivity index (χ1v) is 6.61. The molecule has 0 aliphatic rings. The minimum Gasteiger partial charge on any atom is -0.539 e. The molecule has 1 aromatic carbocycles. The Morgan fingerprint density at radius 2 is 1.95 bits per heavy atom. The lowest BCUT2D eigenvalue weighted by Crippen LogP contribution is -2.34. The summed E-state index contributed by atoms with van der Waals surface area (Å²) in [5.74, 6) is -0.481. The minimum atomic E-state index is -0.481. The van der Waals surface area contributed by atoms with Crippen LogP contribution >= 0.6 is 11.3 Å². The molecule has 0 N–H and O–H groups in total. The first-order valence-electron chi connectivity index (χ1n) is 5.74. The lowest BCUT2D eigenvalue weighted by molar-refractivity contribution is -0.660. The van der Waals surface area contributed by atoms with Crippen molar-refractivity contribution in [2.45, 2.75) is 13.8 Å². The van der Waals surface area contributed by atoms with Crippen LogP contribution < -0.4 is 9.79 Å². The van der Waals surface area contributed by atoms with Crippen molar-refractivity contribution in [1.29, 1.82) is 0 Å². The van der Waals surface area contributed by atoms with Crippen LogP contribution in [0.25, 0.3) is 17.1 Å². The zero-order chi connectivity index (χ0) is 13.4. The lowest BCUT2D eigenvalue weighted by Gasteiger charge is -1.95. The summed E-state index contributed by atoms with van der Waals surface area (Å²) in [5, 5.41) is 18.3. The number of benzene rings is 1. The number of nitrogens with zero attached hydrogens (tertiary/aromatic N) is 3. The Morgan fingerprint density at radius 3 is 2.58 bits per heavy atom. The molecule has 2 heterocycles. The van der Waals surface area contributed by atoms with Gasteiger partial charge in [-0.2, -0.15) is 0 Å². The molecule has 0 radical (unpaired) electrons. The van der Waals surface area contributed by atoms with Gasteiger partial charge in [0.1, 0.15) is 0 Å². The van der Waals surface area contributed by atoms with Gasteiger partial charge in [0.25, 0.3) is 5.69 Å². The standard InChI is InChI=1S/C13H11N3O2S/c1-8-3-5-10(6-4-8)16-12(13(17)18-15-16)11-7-19-9(2)14-11/h3-7H,1-2H3. The highest BCUT2D eigenvalue weighted by Crippen LogP contribution is 2.25. The first kappa shape index (κ1) is 11.9. The van der Waals surface area contributed by atoms with E-state index in [0.29, 0.717) is 11.4 Å². The molecule has 0 fully saturated rings. The Kier molecular flexibility index (Phi) is 2.79. The quantitative estimate of drug-likeness (QED) is 0.667. The molecule has 2 aromatic heterocycles. The number of rotatable bonds is 2. The van der Waals surface area contributed by atoms with Gasteiger partial charge < -0.3 is 9.63 Å². The normalized spacial score (nSPS) is 10.8. The van der Waals surface area contributed by atoms with Gasteiger partial charge in [0.2, 0.25) is 5.69 Å². The zero-order valence-electron chi connectivity index (χ0n) is 10.5. The Bertz CT molecular complexity index is 716. The predicted octanol–water partition coefficient (Wildman–Crippen LogP) is 1.77. The first-order chi connectivity index (χ1) is 9.15. The summed E-state index contributed by atoms with van der Waals surface area (Å²) in [4.78, 5) is 4.32. The molecule has 0 aliphatic carbocycles. The third-order valence-corrected chi connectivity index (χ3v) is 3.52. The van der Waals surface area contributed by atoms with Crippen LogP contribution in [0.15, 0.2) is 34.2 Å². The van der Waals surface area contributed by atoms with Crippen molar-refractivity contribution >= 4 is 11.3 Å². The molecular formula is C13H11N3O2S.